The molecule has 0 aromatic rings. The maximum atomic E-state index is 11.3. The predicted molar refractivity (Wildman–Crippen MR) is 47.6 cm³/mol. The minimum absolute atomic E-state index is 0.0288. The van der Waals surface area contributed by atoms with Crippen molar-refractivity contribution in [1.82, 2.24) is 10.2 Å². The number of hydrogen-bond donors (Lipinski definition) is 2. The van der Waals surface area contributed by atoms with Gasteiger partial charge >= 0.3 is 0 Å². The lowest BCUT2D eigenvalue weighted by atomic mass is 9.92. The average molecular weight is 171 g/mol. The third-order valence-corrected chi connectivity index (χ3v) is 2.45. The molecule has 0 aromatic heterocycles. The number of amides is 1. The first-order valence-corrected chi connectivity index (χ1v) is 4.31. The summed E-state index contributed by atoms with van der Waals surface area (Å²) >= 11 is 0. The SMILES string of the molecule is CNC(=O)C1CN(C)CC[C@@H]1N. The van der Waals surface area contributed by atoms with Gasteiger partial charge in [-0.2, -0.15) is 0 Å². The Labute approximate surface area is 73.1 Å². The maximum absolute atomic E-state index is 11.3. The van der Waals surface area contributed by atoms with Crippen LogP contribution in [0.5, 0.6) is 0 Å². The van der Waals surface area contributed by atoms with Gasteiger partial charge in [0.05, 0.1) is 5.92 Å². The van der Waals surface area contributed by atoms with E-state index in [1.54, 1.807) is 7.05 Å². The predicted octanol–water partition coefficient (Wildman–Crippen LogP) is -0.989. The zero-order valence-electron chi connectivity index (χ0n) is 7.71. The van der Waals surface area contributed by atoms with Gasteiger partial charge in [0.2, 0.25) is 5.91 Å². The van der Waals surface area contributed by atoms with E-state index in [0.29, 0.717) is 0 Å². The minimum atomic E-state index is -0.0336. The smallest absolute Gasteiger partial charge is 0.225 e. The lowest BCUT2D eigenvalue weighted by Gasteiger charge is -2.33. The molecule has 4 heteroatoms. The topological polar surface area (TPSA) is 58.4 Å². The van der Waals surface area contributed by atoms with E-state index in [-0.39, 0.29) is 17.9 Å². The third-order valence-electron chi connectivity index (χ3n) is 2.45. The first-order chi connectivity index (χ1) is 5.65. The molecule has 70 valence electrons. The molecular weight excluding hydrogens is 154 g/mol. The molecule has 1 heterocycles. The number of nitrogens with one attached hydrogen (secondary N) is 1. The summed E-state index contributed by atoms with van der Waals surface area (Å²) in [5, 5.41) is 2.64. The molecule has 0 aromatic carbocycles. The van der Waals surface area contributed by atoms with E-state index in [1.165, 1.54) is 0 Å². The maximum Gasteiger partial charge on any atom is 0.225 e. The quantitative estimate of drug-likeness (QED) is 0.532. The van der Waals surface area contributed by atoms with Crippen molar-refractivity contribution in [3.63, 3.8) is 0 Å². The van der Waals surface area contributed by atoms with Crippen LogP contribution in [-0.4, -0.2) is 44.0 Å². The second kappa shape index (κ2) is 3.87. The van der Waals surface area contributed by atoms with Gasteiger partial charge in [-0.1, -0.05) is 0 Å². The summed E-state index contributed by atoms with van der Waals surface area (Å²) in [6.07, 6.45) is 0.911. The Balaban J connectivity index is 2.54. The Morgan fingerprint density at radius 1 is 1.67 bits per heavy atom. The number of carbonyl (C=O) groups excluding carboxylic acids is 1. The van der Waals surface area contributed by atoms with Gasteiger partial charge in [-0.3, -0.25) is 4.79 Å². The van der Waals surface area contributed by atoms with Crippen molar-refractivity contribution in [2.24, 2.45) is 11.7 Å². The van der Waals surface area contributed by atoms with E-state index in [1.807, 2.05) is 7.05 Å². The van der Waals surface area contributed by atoms with Crippen LogP contribution >= 0.6 is 0 Å². The fraction of sp³-hybridized carbons (Fsp3) is 0.875. The fourth-order valence-electron chi connectivity index (χ4n) is 1.60. The third kappa shape index (κ3) is 1.95. The summed E-state index contributed by atoms with van der Waals surface area (Å²) in [7, 11) is 3.67. The molecule has 0 aliphatic carbocycles. The van der Waals surface area contributed by atoms with Crippen molar-refractivity contribution in [1.29, 1.82) is 0 Å². The van der Waals surface area contributed by atoms with Gasteiger partial charge in [-0.05, 0) is 20.0 Å². The molecule has 1 saturated heterocycles. The van der Waals surface area contributed by atoms with Crippen LogP contribution in [0.2, 0.25) is 0 Å². The molecule has 1 amide bonds. The molecule has 4 nitrogen and oxygen atoms in total. The molecule has 1 rings (SSSR count). The van der Waals surface area contributed by atoms with Gasteiger partial charge in [0.15, 0.2) is 0 Å². The highest BCUT2D eigenvalue weighted by atomic mass is 16.1. The van der Waals surface area contributed by atoms with Gasteiger partial charge in [0.1, 0.15) is 0 Å². The van der Waals surface area contributed by atoms with Crippen LogP contribution in [0.1, 0.15) is 6.42 Å². The highest BCUT2D eigenvalue weighted by Gasteiger charge is 2.29. The summed E-state index contributed by atoms with van der Waals surface area (Å²) in [5.41, 5.74) is 5.83. The van der Waals surface area contributed by atoms with Gasteiger partial charge in [-0.15, -0.1) is 0 Å². The van der Waals surface area contributed by atoms with E-state index in [0.717, 1.165) is 19.5 Å². The van der Waals surface area contributed by atoms with Crippen LogP contribution in [0.15, 0.2) is 0 Å². The summed E-state index contributed by atoms with van der Waals surface area (Å²) < 4.78 is 0. The molecule has 0 spiro atoms. The molecule has 2 atom stereocenters. The Hall–Kier alpha value is -0.610. The average Bonchev–Trinajstić information content (AvgIpc) is 2.08. The van der Waals surface area contributed by atoms with Gasteiger partial charge < -0.3 is 16.0 Å². The van der Waals surface area contributed by atoms with Crippen LogP contribution in [0, 0.1) is 5.92 Å². The largest absolute Gasteiger partial charge is 0.359 e. The van der Waals surface area contributed by atoms with Crippen LogP contribution in [0.4, 0.5) is 0 Å². The number of carbonyl (C=O) groups is 1. The molecule has 1 unspecified atom stereocenters. The summed E-state index contributed by atoms with van der Waals surface area (Å²) in [5.74, 6) is 0.0304. The molecule has 1 fully saturated rings. The number of piperidine rings is 1. The van der Waals surface area contributed by atoms with E-state index < -0.39 is 0 Å². The molecule has 3 N–H and O–H groups in total. The zero-order chi connectivity index (χ0) is 9.14. The number of hydrogen-bond acceptors (Lipinski definition) is 3. The highest BCUT2D eigenvalue weighted by molar-refractivity contribution is 5.79. The molecule has 1 aliphatic heterocycles. The first kappa shape index (κ1) is 9.48. The zero-order valence-corrected chi connectivity index (χ0v) is 7.71. The molecule has 0 radical (unpaired) electrons. The molecule has 0 saturated carbocycles. The Kier molecular flexibility index (Phi) is 3.05. The standard InChI is InChI=1S/C8H17N3O/c1-10-8(12)6-5-11(2)4-3-7(6)9/h6-7H,3-5,9H2,1-2H3,(H,10,12)/t6?,7-/m0/s1. The van der Waals surface area contributed by atoms with Crippen molar-refractivity contribution in [2.45, 2.75) is 12.5 Å². The minimum Gasteiger partial charge on any atom is -0.359 e. The van der Waals surface area contributed by atoms with Crippen molar-refractivity contribution in [2.75, 3.05) is 27.2 Å². The van der Waals surface area contributed by atoms with Crippen molar-refractivity contribution in [3.8, 4) is 0 Å². The summed E-state index contributed by atoms with van der Waals surface area (Å²) in [6, 6.07) is 0.0288. The number of likely N-dealkylation sites (tertiary alicyclic amines) is 1. The second-order valence-electron chi connectivity index (χ2n) is 3.44. The first-order valence-electron chi connectivity index (χ1n) is 4.31. The van der Waals surface area contributed by atoms with Crippen LogP contribution in [0.25, 0.3) is 0 Å². The Bertz CT molecular complexity index is 172. The number of nitrogens with zero attached hydrogens (tertiary/aromatic N) is 1. The second-order valence-corrected chi connectivity index (χ2v) is 3.44. The Morgan fingerprint density at radius 2 is 2.33 bits per heavy atom. The number of nitrogens with two attached hydrogens (primary N) is 1. The van der Waals surface area contributed by atoms with Gasteiger partial charge in [-0.25, -0.2) is 0 Å². The van der Waals surface area contributed by atoms with Crippen LogP contribution in [0.3, 0.4) is 0 Å². The summed E-state index contributed by atoms with van der Waals surface area (Å²) in [4.78, 5) is 13.4. The van der Waals surface area contributed by atoms with Crippen molar-refractivity contribution in [3.05, 3.63) is 0 Å². The van der Waals surface area contributed by atoms with E-state index in [4.69, 9.17) is 5.73 Å². The normalized spacial score (nSPS) is 31.6. The molecule has 12 heavy (non-hydrogen) atoms. The van der Waals surface area contributed by atoms with Crippen molar-refractivity contribution < 1.29 is 4.79 Å². The highest BCUT2D eigenvalue weighted by Crippen LogP contribution is 2.13. The Morgan fingerprint density at radius 3 is 2.92 bits per heavy atom. The van der Waals surface area contributed by atoms with E-state index in [2.05, 4.69) is 10.2 Å². The molecular formula is C8H17N3O. The molecule has 0 bridgehead atoms. The van der Waals surface area contributed by atoms with E-state index >= 15 is 0 Å². The lowest BCUT2D eigenvalue weighted by Crippen LogP contribution is -2.51. The van der Waals surface area contributed by atoms with Crippen LogP contribution in [-0.2, 0) is 4.79 Å². The monoisotopic (exact) mass is 171 g/mol. The lowest BCUT2D eigenvalue weighted by molar-refractivity contribution is -0.126. The van der Waals surface area contributed by atoms with Gasteiger partial charge in [0.25, 0.3) is 0 Å². The van der Waals surface area contributed by atoms with Crippen LogP contribution < -0.4 is 11.1 Å². The van der Waals surface area contributed by atoms with Gasteiger partial charge in [0, 0.05) is 19.6 Å². The number of rotatable bonds is 1. The van der Waals surface area contributed by atoms with E-state index in [9.17, 15) is 4.79 Å². The van der Waals surface area contributed by atoms with Crippen molar-refractivity contribution >= 4 is 5.91 Å². The fourth-order valence-corrected chi connectivity index (χ4v) is 1.60. The molecule has 1 aliphatic rings. The summed E-state index contributed by atoms with van der Waals surface area (Å²) in [6.45, 7) is 1.77.